The molecule has 1 amide bonds. The van der Waals surface area contributed by atoms with Gasteiger partial charge in [-0.15, -0.1) is 0 Å². The average molecular weight is 540 g/mol. The number of aryl methyl sites for hydroxylation is 1. The Balaban J connectivity index is 1.55. The van der Waals surface area contributed by atoms with Gasteiger partial charge in [0, 0.05) is 41.6 Å². The van der Waals surface area contributed by atoms with Crippen molar-refractivity contribution >= 4 is 22.6 Å². The van der Waals surface area contributed by atoms with E-state index in [-0.39, 0.29) is 43.8 Å². The highest BCUT2D eigenvalue weighted by molar-refractivity contribution is 5.94. The second-order valence-electron chi connectivity index (χ2n) is 10.0. The lowest BCUT2D eigenvalue weighted by Gasteiger charge is -2.39. The van der Waals surface area contributed by atoms with Gasteiger partial charge in [-0.25, -0.2) is 23.1 Å². The van der Waals surface area contributed by atoms with Crippen LogP contribution < -0.4 is 10.1 Å². The van der Waals surface area contributed by atoms with Crippen LogP contribution in [0.4, 0.5) is 19.0 Å². The summed E-state index contributed by atoms with van der Waals surface area (Å²) in [5, 5.41) is 24.4. The molecular weight excluding hydrogens is 511 g/mol. The molecule has 39 heavy (non-hydrogen) atoms. The van der Waals surface area contributed by atoms with Crippen LogP contribution in [0, 0.1) is 24.1 Å². The van der Waals surface area contributed by atoms with Crippen LogP contribution in [0.5, 0.6) is 5.75 Å². The van der Waals surface area contributed by atoms with Gasteiger partial charge in [0.15, 0.2) is 0 Å². The lowest BCUT2D eigenvalue weighted by Crippen LogP contribution is -2.45. The molecule has 204 valence electrons. The minimum absolute atomic E-state index is 0.0787. The Hall–Kier alpha value is -3.91. The van der Waals surface area contributed by atoms with Crippen molar-refractivity contribution in [2.45, 2.75) is 57.6 Å². The number of aromatic nitrogens is 2. The third-order valence-corrected chi connectivity index (χ3v) is 7.54. The third-order valence-electron chi connectivity index (χ3n) is 7.54. The summed E-state index contributed by atoms with van der Waals surface area (Å²) in [5.74, 6) is 0.170. The van der Waals surface area contributed by atoms with Crippen LogP contribution in [0.15, 0.2) is 24.3 Å². The molecule has 3 aromatic rings. The highest BCUT2D eigenvalue weighted by Gasteiger charge is 2.40. The van der Waals surface area contributed by atoms with E-state index in [4.69, 9.17) is 10.00 Å². The first-order valence-electron chi connectivity index (χ1n) is 12.8. The summed E-state index contributed by atoms with van der Waals surface area (Å²) in [5.41, 5.74) is 0.145. The SMILES string of the molecule is Cc1nc(NC(C)c2cccc(C(F)F)c2F)c2cc(C3(O)CCN(C(=O)CC#N)CC3)c3c(c2n1)CCO3. The zero-order valence-electron chi connectivity index (χ0n) is 21.6. The van der Waals surface area contributed by atoms with E-state index in [0.717, 1.165) is 11.6 Å². The molecule has 0 bridgehead atoms. The molecule has 0 radical (unpaired) electrons. The summed E-state index contributed by atoms with van der Waals surface area (Å²) in [7, 11) is 0. The number of anilines is 1. The Morgan fingerprint density at radius 1 is 1.28 bits per heavy atom. The smallest absolute Gasteiger partial charge is 0.266 e. The van der Waals surface area contributed by atoms with Gasteiger partial charge in [0.2, 0.25) is 5.91 Å². The fourth-order valence-corrected chi connectivity index (χ4v) is 5.46. The molecule has 1 atom stereocenters. The van der Waals surface area contributed by atoms with Crippen molar-refractivity contribution in [3.63, 3.8) is 0 Å². The Morgan fingerprint density at radius 2 is 2.00 bits per heavy atom. The molecule has 0 saturated carbocycles. The van der Waals surface area contributed by atoms with Crippen LogP contribution in [0.25, 0.3) is 10.9 Å². The number of piperidine rings is 1. The summed E-state index contributed by atoms with van der Waals surface area (Å²) >= 11 is 0. The number of alkyl halides is 2. The van der Waals surface area contributed by atoms with E-state index in [1.54, 1.807) is 24.8 Å². The van der Waals surface area contributed by atoms with E-state index in [1.807, 2.05) is 6.07 Å². The van der Waals surface area contributed by atoms with E-state index in [9.17, 15) is 23.1 Å². The standard InChI is InChI=1S/C28H28F3N5O3/c1-15(17-4-3-5-18(23(17)29)26(30)31)33-27-20-14-21(25-19(7-13-39-25)24(20)34-16(2)35-27)28(38)8-11-36(12-9-28)22(37)6-10-32/h3-5,14-15,26,38H,6-9,11-13H2,1-2H3,(H,33,34,35). The van der Waals surface area contributed by atoms with Gasteiger partial charge in [-0.3, -0.25) is 4.79 Å². The third kappa shape index (κ3) is 4.85. The van der Waals surface area contributed by atoms with Gasteiger partial charge in [0.1, 0.15) is 29.6 Å². The quantitative estimate of drug-likeness (QED) is 0.461. The van der Waals surface area contributed by atoms with Gasteiger partial charge in [-0.2, -0.15) is 5.26 Å². The molecule has 0 aliphatic carbocycles. The van der Waals surface area contributed by atoms with Gasteiger partial charge < -0.3 is 20.1 Å². The van der Waals surface area contributed by atoms with E-state index in [0.29, 0.717) is 46.9 Å². The van der Waals surface area contributed by atoms with Crippen molar-refractivity contribution in [1.82, 2.24) is 14.9 Å². The van der Waals surface area contributed by atoms with Gasteiger partial charge in [-0.05, 0) is 32.8 Å². The number of carbonyl (C=O) groups is 1. The molecule has 1 unspecified atom stereocenters. The number of likely N-dealkylation sites (tertiary alicyclic amines) is 1. The van der Waals surface area contributed by atoms with Gasteiger partial charge in [-0.1, -0.05) is 18.2 Å². The minimum Gasteiger partial charge on any atom is -0.492 e. The average Bonchev–Trinajstić information content (AvgIpc) is 3.39. The number of carbonyl (C=O) groups excluding carboxylic acids is 1. The normalized spacial score (nSPS) is 17.0. The van der Waals surface area contributed by atoms with Crippen LogP contribution in [0.1, 0.15) is 66.7 Å². The lowest BCUT2D eigenvalue weighted by atomic mass is 9.82. The Kier molecular flexibility index (Phi) is 7.07. The van der Waals surface area contributed by atoms with E-state index >= 15 is 0 Å². The molecule has 2 aromatic carbocycles. The molecule has 11 heteroatoms. The van der Waals surface area contributed by atoms with Crippen molar-refractivity contribution in [2.75, 3.05) is 25.0 Å². The van der Waals surface area contributed by atoms with Crippen molar-refractivity contribution < 1.29 is 27.8 Å². The Morgan fingerprint density at radius 3 is 2.69 bits per heavy atom. The topological polar surface area (TPSA) is 111 Å². The zero-order chi connectivity index (χ0) is 27.9. The first-order valence-corrected chi connectivity index (χ1v) is 12.8. The molecule has 2 N–H and O–H groups in total. The fraction of sp³-hybridized carbons (Fsp3) is 0.429. The monoisotopic (exact) mass is 539 g/mol. The maximum absolute atomic E-state index is 14.9. The maximum atomic E-state index is 14.9. The predicted octanol–water partition coefficient (Wildman–Crippen LogP) is 4.85. The number of benzene rings is 2. The second-order valence-corrected chi connectivity index (χ2v) is 10.0. The van der Waals surface area contributed by atoms with Crippen LogP contribution in [-0.2, 0) is 16.8 Å². The van der Waals surface area contributed by atoms with Crippen molar-refractivity contribution in [3.8, 4) is 11.8 Å². The number of amides is 1. The number of aliphatic hydroxyl groups is 1. The zero-order valence-corrected chi connectivity index (χ0v) is 21.6. The summed E-state index contributed by atoms with van der Waals surface area (Å²) in [6.45, 7) is 4.38. The number of nitrogens with zero attached hydrogens (tertiary/aromatic N) is 4. The lowest BCUT2D eigenvalue weighted by molar-refractivity contribution is -0.134. The molecule has 1 aromatic heterocycles. The summed E-state index contributed by atoms with van der Waals surface area (Å²) in [4.78, 5) is 22.9. The molecule has 2 aliphatic rings. The molecular formula is C28H28F3N5O3. The van der Waals surface area contributed by atoms with Crippen LogP contribution in [-0.4, -0.2) is 45.6 Å². The van der Waals surface area contributed by atoms with Gasteiger partial charge in [0.25, 0.3) is 6.43 Å². The summed E-state index contributed by atoms with van der Waals surface area (Å²) in [6.07, 6.45) is -2.07. The minimum atomic E-state index is -2.94. The molecule has 1 saturated heterocycles. The second kappa shape index (κ2) is 10.3. The summed E-state index contributed by atoms with van der Waals surface area (Å²) < 4.78 is 47.5. The number of hydrogen-bond acceptors (Lipinski definition) is 7. The molecule has 5 rings (SSSR count). The Bertz CT molecular complexity index is 1480. The first-order chi connectivity index (χ1) is 18.6. The number of halogens is 3. The highest BCUT2D eigenvalue weighted by Crippen LogP contribution is 2.46. The molecule has 1 fully saturated rings. The number of fused-ring (bicyclic) bond motifs is 3. The fourth-order valence-electron chi connectivity index (χ4n) is 5.46. The van der Waals surface area contributed by atoms with E-state index in [1.165, 1.54) is 12.1 Å². The van der Waals surface area contributed by atoms with Gasteiger partial charge >= 0.3 is 0 Å². The van der Waals surface area contributed by atoms with Crippen molar-refractivity contribution in [2.24, 2.45) is 0 Å². The largest absolute Gasteiger partial charge is 0.492 e. The number of nitrogens with one attached hydrogen (secondary N) is 1. The first kappa shape index (κ1) is 26.7. The van der Waals surface area contributed by atoms with E-state index < -0.39 is 29.4 Å². The Labute approximate surface area is 223 Å². The van der Waals surface area contributed by atoms with Gasteiger partial charge in [0.05, 0.1) is 35.4 Å². The number of hydrogen-bond donors (Lipinski definition) is 2. The molecule has 2 aliphatic heterocycles. The molecule has 3 heterocycles. The van der Waals surface area contributed by atoms with E-state index in [2.05, 4.69) is 15.3 Å². The molecule has 8 nitrogen and oxygen atoms in total. The number of ether oxygens (including phenoxy) is 1. The predicted molar refractivity (Wildman–Crippen MR) is 137 cm³/mol. The molecule has 0 spiro atoms. The summed E-state index contributed by atoms with van der Waals surface area (Å²) in [6, 6.07) is 6.85. The van der Waals surface area contributed by atoms with Crippen molar-refractivity contribution in [3.05, 3.63) is 58.2 Å². The van der Waals surface area contributed by atoms with Crippen molar-refractivity contribution in [1.29, 1.82) is 5.26 Å². The highest BCUT2D eigenvalue weighted by atomic mass is 19.3. The van der Waals surface area contributed by atoms with Crippen LogP contribution in [0.3, 0.4) is 0 Å². The maximum Gasteiger partial charge on any atom is 0.266 e. The number of rotatable bonds is 6. The van der Waals surface area contributed by atoms with Crippen LogP contribution >= 0.6 is 0 Å². The number of nitriles is 1. The van der Waals surface area contributed by atoms with Crippen LogP contribution in [0.2, 0.25) is 0 Å².